The number of ether oxygens (including phenoxy) is 1. The van der Waals surface area contributed by atoms with Crippen molar-refractivity contribution in [3.05, 3.63) is 16.5 Å². The summed E-state index contributed by atoms with van der Waals surface area (Å²) in [5.74, 6) is 2.33. The smallest absolute Gasteiger partial charge is 0.135 e. The van der Waals surface area contributed by atoms with Crippen LogP contribution >= 0.6 is 15.9 Å². The molecule has 1 saturated carbocycles. The van der Waals surface area contributed by atoms with E-state index in [0.717, 1.165) is 22.8 Å². The van der Waals surface area contributed by atoms with E-state index in [-0.39, 0.29) is 12.6 Å². The molecular formula is C12H16BrN3O2. The van der Waals surface area contributed by atoms with E-state index in [1.807, 2.05) is 6.07 Å². The van der Waals surface area contributed by atoms with Crippen LogP contribution in [0.4, 0.5) is 5.82 Å². The highest BCUT2D eigenvalue weighted by Crippen LogP contribution is 2.39. The number of halogens is 1. The largest absolute Gasteiger partial charge is 0.394 e. The average molecular weight is 314 g/mol. The van der Waals surface area contributed by atoms with Crippen molar-refractivity contribution in [2.24, 2.45) is 0 Å². The summed E-state index contributed by atoms with van der Waals surface area (Å²) >= 11 is 3.45. The third-order valence-electron chi connectivity index (χ3n) is 3.37. The van der Waals surface area contributed by atoms with Crippen LogP contribution in [0.5, 0.6) is 0 Å². The van der Waals surface area contributed by atoms with Crippen LogP contribution in [0.2, 0.25) is 0 Å². The molecule has 0 aromatic carbocycles. The highest BCUT2D eigenvalue weighted by Gasteiger charge is 2.29. The van der Waals surface area contributed by atoms with Gasteiger partial charge in [0, 0.05) is 18.5 Å². The highest BCUT2D eigenvalue weighted by molar-refractivity contribution is 9.10. The molecular weight excluding hydrogens is 298 g/mol. The van der Waals surface area contributed by atoms with Crippen LogP contribution in [-0.2, 0) is 4.74 Å². The fourth-order valence-electron chi connectivity index (χ4n) is 2.20. The summed E-state index contributed by atoms with van der Waals surface area (Å²) in [6.07, 6.45) is 2.37. The number of rotatable bonds is 3. The summed E-state index contributed by atoms with van der Waals surface area (Å²) in [6, 6.07) is 1.91. The molecule has 0 spiro atoms. The first-order valence-electron chi connectivity index (χ1n) is 6.27. The van der Waals surface area contributed by atoms with Gasteiger partial charge in [0.2, 0.25) is 0 Å². The van der Waals surface area contributed by atoms with Gasteiger partial charge in [-0.1, -0.05) is 0 Å². The zero-order valence-corrected chi connectivity index (χ0v) is 11.6. The van der Waals surface area contributed by atoms with Gasteiger partial charge in [-0.15, -0.1) is 0 Å². The minimum absolute atomic E-state index is 0.00685. The Bertz CT molecular complexity index is 439. The van der Waals surface area contributed by atoms with Gasteiger partial charge in [-0.05, 0) is 28.8 Å². The second-order valence-corrected chi connectivity index (χ2v) is 5.60. The minimum atomic E-state index is -0.00685. The van der Waals surface area contributed by atoms with Crippen LogP contribution < -0.4 is 4.90 Å². The van der Waals surface area contributed by atoms with E-state index in [2.05, 4.69) is 30.8 Å². The van der Waals surface area contributed by atoms with Gasteiger partial charge in [0.05, 0.1) is 25.9 Å². The van der Waals surface area contributed by atoms with E-state index >= 15 is 0 Å². The highest BCUT2D eigenvalue weighted by atomic mass is 79.9. The Kier molecular flexibility index (Phi) is 3.50. The molecule has 2 aliphatic rings. The number of hydrogen-bond acceptors (Lipinski definition) is 5. The molecule has 2 heterocycles. The van der Waals surface area contributed by atoms with Crippen LogP contribution in [0.1, 0.15) is 24.6 Å². The van der Waals surface area contributed by atoms with Crippen LogP contribution in [0, 0.1) is 0 Å². The van der Waals surface area contributed by atoms with E-state index in [4.69, 9.17) is 4.74 Å². The van der Waals surface area contributed by atoms with E-state index in [1.165, 1.54) is 12.8 Å². The average Bonchev–Trinajstić information content (AvgIpc) is 3.22. The Balaban J connectivity index is 1.89. The second-order valence-electron chi connectivity index (χ2n) is 4.79. The molecule has 1 atom stereocenters. The van der Waals surface area contributed by atoms with Gasteiger partial charge in [-0.25, -0.2) is 9.97 Å². The Hall–Kier alpha value is -0.720. The Morgan fingerprint density at radius 1 is 1.44 bits per heavy atom. The van der Waals surface area contributed by atoms with Gasteiger partial charge < -0.3 is 14.7 Å². The maximum atomic E-state index is 9.41. The van der Waals surface area contributed by atoms with Crippen molar-refractivity contribution >= 4 is 21.7 Å². The van der Waals surface area contributed by atoms with Crippen molar-refractivity contribution in [1.82, 2.24) is 9.97 Å². The van der Waals surface area contributed by atoms with E-state index in [0.29, 0.717) is 19.1 Å². The van der Waals surface area contributed by atoms with Crippen molar-refractivity contribution < 1.29 is 9.84 Å². The molecule has 0 amide bonds. The van der Waals surface area contributed by atoms with Crippen molar-refractivity contribution in [1.29, 1.82) is 0 Å². The van der Waals surface area contributed by atoms with Crippen LogP contribution in [0.15, 0.2) is 10.7 Å². The molecule has 3 rings (SSSR count). The summed E-state index contributed by atoms with van der Waals surface area (Å²) in [6.45, 7) is 2.08. The number of aliphatic hydroxyl groups is 1. The molecule has 18 heavy (non-hydrogen) atoms. The summed E-state index contributed by atoms with van der Waals surface area (Å²) in [7, 11) is 0. The molecule has 1 saturated heterocycles. The molecule has 0 bridgehead atoms. The number of aliphatic hydroxyl groups excluding tert-OH is 1. The fraction of sp³-hybridized carbons (Fsp3) is 0.667. The number of anilines is 1. The van der Waals surface area contributed by atoms with Gasteiger partial charge in [0.25, 0.3) is 0 Å². The van der Waals surface area contributed by atoms with Crippen molar-refractivity contribution in [2.75, 3.05) is 31.3 Å². The first kappa shape index (κ1) is 12.3. The monoisotopic (exact) mass is 313 g/mol. The van der Waals surface area contributed by atoms with E-state index in [9.17, 15) is 5.11 Å². The van der Waals surface area contributed by atoms with E-state index in [1.54, 1.807) is 0 Å². The lowest BCUT2D eigenvalue weighted by Crippen LogP contribution is -2.48. The predicted octanol–water partition coefficient (Wildman–Crippen LogP) is 1.31. The molecule has 1 aliphatic carbocycles. The summed E-state index contributed by atoms with van der Waals surface area (Å²) in [5, 5.41) is 9.41. The Morgan fingerprint density at radius 2 is 2.28 bits per heavy atom. The second kappa shape index (κ2) is 5.11. The lowest BCUT2D eigenvalue weighted by atomic mass is 10.2. The fourth-order valence-corrected chi connectivity index (χ4v) is 2.59. The summed E-state index contributed by atoms with van der Waals surface area (Å²) < 4.78 is 6.21. The zero-order valence-electron chi connectivity index (χ0n) is 10.0. The molecule has 1 unspecified atom stereocenters. The van der Waals surface area contributed by atoms with Crippen molar-refractivity contribution in [2.45, 2.75) is 24.8 Å². The van der Waals surface area contributed by atoms with Crippen LogP contribution in [-0.4, -0.2) is 47.5 Å². The lowest BCUT2D eigenvalue weighted by molar-refractivity contribution is 0.0722. The zero-order chi connectivity index (χ0) is 12.5. The molecule has 5 nitrogen and oxygen atoms in total. The maximum absolute atomic E-state index is 9.41. The standard InChI is InChI=1S/C12H16BrN3O2/c13-10-5-11(15-12(14-10)8-1-2-8)16-3-4-18-7-9(16)6-17/h5,8-9,17H,1-4,6-7H2. The Labute approximate surface area is 114 Å². The third-order valence-corrected chi connectivity index (χ3v) is 3.78. The maximum Gasteiger partial charge on any atom is 0.135 e. The Morgan fingerprint density at radius 3 is 3.00 bits per heavy atom. The number of nitrogens with zero attached hydrogens (tertiary/aromatic N) is 3. The normalized spacial score (nSPS) is 24.3. The van der Waals surface area contributed by atoms with Gasteiger partial charge >= 0.3 is 0 Å². The van der Waals surface area contributed by atoms with E-state index < -0.39 is 0 Å². The van der Waals surface area contributed by atoms with Crippen molar-refractivity contribution in [3.8, 4) is 0 Å². The minimum Gasteiger partial charge on any atom is -0.394 e. The predicted molar refractivity (Wildman–Crippen MR) is 70.7 cm³/mol. The molecule has 1 N–H and O–H groups in total. The lowest BCUT2D eigenvalue weighted by Gasteiger charge is -2.35. The first-order chi connectivity index (χ1) is 8.78. The number of hydrogen-bond donors (Lipinski definition) is 1. The number of morpholine rings is 1. The molecule has 1 aliphatic heterocycles. The third kappa shape index (κ3) is 2.50. The molecule has 1 aromatic rings. The SMILES string of the molecule is OCC1COCCN1c1cc(Br)nc(C2CC2)n1. The summed E-state index contributed by atoms with van der Waals surface area (Å²) in [5.41, 5.74) is 0. The topological polar surface area (TPSA) is 58.5 Å². The van der Waals surface area contributed by atoms with Gasteiger partial charge in [-0.2, -0.15) is 0 Å². The first-order valence-corrected chi connectivity index (χ1v) is 7.07. The van der Waals surface area contributed by atoms with Crippen LogP contribution in [0.3, 0.4) is 0 Å². The summed E-state index contributed by atoms with van der Waals surface area (Å²) in [4.78, 5) is 11.2. The number of aromatic nitrogens is 2. The van der Waals surface area contributed by atoms with Crippen LogP contribution in [0.25, 0.3) is 0 Å². The molecule has 1 aromatic heterocycles. The van der Waals surface area contributed by atoms with Gasteiger partial charge in [0.15, 0.2) is 0 Å². The van der Waals surface area contributed by atoms with Gasteiger partial charge in [-0.3, -0.25) is 0 Å². The van der Waals surface area contributed by atoms with Gasteiger partial charge in [0.1, 0.15) is 16.2 Å². The molecule has 98 valence electrons. The van der Waals surface area contributed by atoms with Crippen molar-refractivity contribution in [3.63, 3.8) is 0 Å². The molecule has 0 radical (unpaired) electrons. The molecule has 2 fully saturated rings. The molecule has 6 heteroatoms. The quantitative estimate of drug-likeness (QED) is 0.853.